The summed E-state index contributed by atoms with van der Waals surface area (Å²) in [6, 6.07) is 12.9. The van der Waals surface area contributed by atoms with Gasteiger partial charge in [0, 0.05) is 18.0 Å². The highest BCUT2D eigenvalue weighted by atomic mass is 35.5. The summed E-state index contributed by atoms with van der Waals surface area (Å²) in [5, 5.41) is 2.73. The lowest BCUT2D eigenvalue weighted by Gasteiger charge is -2.13. The number of halogens is 1. The van der Waals surface area contributed by atoms with Gasteiger partial charge in [0.2, 0.25) is 0 Å². The molecule has 2 aromatic rings. The van der Waals surface area contributed by atoms with Gasteiger partial charge in [-0.1, -0.05) is 41.4 Å². The van der Waals surface area contributed by atoms with Gasteiger partial charge in [0.05, 0.1) is 15.5 Å². The van der Waals surface area contributed by atoms with Crippen LogP contribution in [0.2, 0.25) is 5.02 Å². The van der Waals surface area contributed by atoms with Crippen LogP contribution >= 0.6 is 35.1 Å². The molecule has 8 heteroatoms. The maximum atomic E-state index is 12.5. The highest BCUT2D eigenvalue weighted by molar-refractivity contribution is 8.18. The maximum Gasteiger partial charge on any atom is 0.293 e. The van der Waals surface area contributed by atoms with Crippen molar-refractivity contribution in [3.05, 3.63) is 69.1 Å². The summed E-state index contributed by atoms with van der Waals surface area (Å²) in [5.41, 5.74) is 2.35. The molecule has 3 amide bonds. The average Bonchev–Trinajstić information content (AvgIpc) is 2.97. The minimum absolute atomic E-state index is 0.0987. The number of nitrogens with one attached hydrogen (secondary N) is 1. The van der Waals surface area contributed by atoms with Gasteiger partial charge >= 0.3 is 0 Å². The van der Waals surface area contributed by atoms with E-state index in [1.807, 2.05) is 43.5 Å². The van der Waals surface area contributed by atoms with Gasteiger partial charge in [0.1, 0.15) is 0 Å². The number of amides is 3. The van der Waals surface area contributed by atoms with E-state index in [2.05, 4.69) is 5.32 Å². The molecule has 1 saturated heterocycles. The molecular weight excluding hydrogens is 428 g/mol. The molecule has 1 N–H and O–H groups in total. The third kappa shape index (κ3) is 5.23. The van der Waals surface area contributed by atoms with E-state index in [0.717, 1.165) is 32.7 Å². The van der Waals surface area contributed by atoms with Crippen molar-refractivity contribution < 1.29 is 14.4 Å². The first kappa shape index (κ1) is 21.5. The Labute approximate surface area is 182 Å². The van der Waals surface area contributed by atoms with E-state index in [-0.39, 0.29) is 30.1 Å². The fourth-order valence-electron chi connectivity index (χ4n) is 2.69. The number of nitrogens with zero attached hydrogens (tertiary/aromatic N) is 1. The fourth-order valence-corrected chi connectivity index (χ4v) is 4.20. The Balaban J connectivity index is 1.61. The number of carbonyl (C=O) groups is 3. The number of hydrogen-bond acceptors (Lipinski definition) is 5. The predicted molar refractivity (Wildman–Crippen MR) is 119 cm³/mol. The number of thioether (sulfide) groups is 2. The first-order chi connectivity index (χ1) is 13.9. The molecule has 5 nitrogen and oxygen atoms in total. The van der Waals surface area contributed by atoms with Crippen LogP contribution in [0.3, 0.4) is 0 Å². The van der Waals surface area contributed by atoms with Gasteiger partial charge in [0.25, 0.3) is 17.1 Å². The van der Waals surface area contributed by atoms with Gasteiger partial charge in [-0.25, -0.2) is 0 Å². The molecular formula is C21H19ClN2O3S2. The summed E-state index contributed by atoms with van der Waals surface area (Å²) in [4.78, 5) is 39.6. The number of benzene rings is 2. The van der Waals surface area contributed by atoms with Crippen LogP contribution in [-0.4, -0.2) is 41.3 Å². The third-order valence-electron chi connectivity index (χ3n) is 4.29. The van der Waals surface area contributed by atoms with Crippen molar-refractivity contribution in [3.8, 4) is 0 Å². The minimum Gasteiger partial charge on any atom is -0.350 e. The molecule has 0 aliphatic carbocycles. The largest absolute Gasteiger partial charge is 0.350 e. The number of rotatable bonds is 6. The van der Waals surface area contributed by atoms with Crippen LogP contribution in [0.1, 0.15) is 21.5 Å². The van der Waals surface area contributed by atoms with Gasteiger partial charge in [-0.2, -0.15) is 0 Å². The van der Waals surface area contributed by atoms with E-state index < -0.39 is 0 Å². The van der Waals surface area contributed by atoms with E-state index in [1.165, 1.54) is 11.8 Å². The first-order valence-electron chi connectivity index (χ1n) is 8.83. The van der Waals surface area contributed by atoms with Gasteiger partial charge in [-0.3, -0.25) is 19.3 Å². The molecule has 1 heterocycles. The summed E-state index contributed by atoms with van der Waals surface area (Å²) in [6.45, 7) is 2.23. The van der Waals surface area contributed by atoms with Crippen molar-refractivity contribution in [2.24, 2.45) is 0 Å². The molecule has 1 aliphatic rings. The van der Waals surface area contributed by atoms with Crippen molar-refractivity contribution in [2.45, 2.75) is 11.8 Å². The molecule has 1 fully saturated rings. The quantitative estimate of drug-likeness (QED) is 0.508. The zero-order valence-electron chi connectivity index (χ0n) is 15.9. The summed E-state index contributed by atoms with van der Waals surface area (Å²) in [6.07, 6.45) is 3.62. The van der Waals surface area contributed by atoms with Crippen LogP contribution in [0, 0.1) is 6.92 Å². The Bertz CT molecular complexity index is 990. The van der Waals surface area contributed by atoms with Crippen LogP contribution in [0.25, 0.3) is 6.08 Å². The van der Waals surface area contributed by atoms with Crippen LogP contribution in [0.5, 0.6) is 0 Å². The van der Waals surface area contributed by atoms with Crippen LogP contribution < -0.4 is 5.32 Å². The molecule has 0 spiro atoms. The molecule has 0 aromatic heterocycles. The van der Waals surface area contributed by atoms with Crippen molar-refractivity contribution in [3.63, 3.8) is 0 Å². The van der Waals surface area contributed by atoms with Gasteiger partial charge in [-0.15, -0.1) is 11.8 Å². The molecule has 29 heavy (non-hydrogen) atoms. The lowest BCUT2D eigenvalue weighted by atomic mass is 10.1. The Kier molecular flexibility index (Phi) is 7.05. The molecule has 1 aliphatic heterocycles. The van der Waals surface area contributed by atoms with Crippen molar-refractivity contribution >= 4 is 58.3 Å². The SMILES string of the molecule is CSc1ccc(Cl)c(C(=O)NCCN2C(=O)S/C(=C\c3ccc(C)cc3)C2=O)c1. The van der Waals surface area contributed by atoms with Gasteiger partial charge < -0.3 is 5.32 Å². The predicted octanol–water partition coefficient (Wildman–Crippen LogP) is 4.84. The average molecular weight is 447 g/mol. The maximum absolute atomic E-state index is 12.5. The normalized spacial score (nSPS) is 15.3. The molecule has 0 unspecified atom stereocenters. The smallest absolute Gasteiger partial charge is 0.293 e. The molecule has 3 rings (SSSR count). The van der Waals surface area contributed by atoms with Crippen LogP contribution in [0.15, 0.2) is 52.3 Å². The molecule has 0 radical (unpaired) electrons. The van der Waals surface area contributed by atoms with E-state index >= 15 is 0 Å². The minimum atomic E-state index is -0.350. The number of imide groups is 1. The van der Waals surface area contributed by atoms with E-state index in [9.17, 15) is 14.4 Å². The van der Waals surface area contributed by atoms with Crippen molar-refractivity contribution in [1.82, 2.24) is 10.2 Å². The summed E-state index contributed by atoms with van der Waals surface area (Å²) in [5.74, 6) is -0.690. The highest BCUT2D eigenvalue weighted by Crippen LogP contribution is 2.32. The molecule has 0 atom stereocenters. The second kappa shape index (κ2) is 9.52. The summed E-state index contributed by atoms with van der Waals surface area (Å²) in [7, 11) is 0. The first-order valence-corrected chi connectivity index (χ1v) is 11.2. The second-order valence-corrected chi connectivity index (χ2v) is 8.63. The topological polar surface area (TPSA) is 66.5 Å². The number of carbonyl (C=O) groups excluding carboxylic acids is 3. The monoisotopic (exact) mass is 446 g/mol. The van der Waals surface area contributed by atoms with Gasteiger partial charge in [-0.05, 0) is 54.8 Å². The molecule has 0 bridgehead atoms. The fraction of sp³-hybridized carbons (Fsp3) is 0.190. The standard InChI is InChI=1S/C21H19ClN2O3S2/c1-13-3-5-14(6-4-13)11-18-20(26)24(21(27)29-18)10-9-23-19(25)16-12-15(28-2)7-8-17(16)22/h3-8,11-12H,9-10H2,1-2H3,(H,23,25)/b18-11-. The van der Waals surface area contributed by atoms with Crippen LogP contribution in [0.4, 0.5) is 4.79 Å². The summed E-state index contributed by atoms with van der Waals surface area (Å²) >= 11 is 8.52. The zero-order valence-corrected chi connectivity index (χ0v) is 18.3. The van der Waals surface area contributed by atoms with Crippen molar-refractivity contribution in [2.75, 3.05) is 19.3 Å². The number of aryl methyl sites for hydroxylation is 1. The number of hydrogen-bond donors (Lipinski definition) is 1. The Morgan fingerprint density at radius 2 is 1.93 bits per heavy atom. The lowest BCUT2D eigenvalue weighted by Crippen LogP contribution is -2.37. The molecule has 2 aromatic carbocycles. The lowest BCUT2D eigenvalue weighted by molar-refractivity contribution is -0.122. The molecule has 150 valence electrons. The van der Waals surface area contributed by atoms with Crippen LogP contribution in [-0.2, 0) is 4.79 Å². The Morgan fingerprint density at radius 1 is 1.21 bits per heavy atom. The van der Waals surface area contributed by atoms with E-state index in [1.54, 1.807) is 18.2 Å². The van der Waals surface area contributed by atoms with Gasteiger partial charge in [0.15, 0.2) is 0 Å². The van der Waals surface area contributed by atoms with Crippen molar-refractivity contribution in [1.29, 1.82) is 0 Å². The molecule has 0 saturated carbocycles. The third-order valence-corrected chi connectivity index (χ3v) is 6.25. The second-order valence-electron chi connectivity index (χ2n) is 6.35. The van der Waals surface area contributed by atoms with E-state index in [4.69, 9.17) is 11.6 Å². The Morgan fingerprint density at radius 3 is 2.62 bits per heavy atom. The Hall–Kier alpha value is -2.22. The zero-order chi connectivity index (χ0) is 21.0. The summed E-state index contributed by atoms with van der Waals surface area (Å²) < 4.78 is 0. The van der Waals surface area contributed by atoms with E-state index in [0.29, 0.717) is 15.5 Å². The highest BCUT2D eigenvalue weighted by Gasteiger charge is 2.34.